The van der Waals surface area contributed by atoms with E-state index in [9.17, 15) is 24.6 Å². The molecule has 7 heteroatoms. The molecule has 0 aliphatic carbocycles. The monoisotopic (exact) mass is 639 g/mol. The van der Waals surface area contributed by atoms with Gasteiger partial charge in [0.2, 0.25) is 5.91 Å². The van der Waals surface area contributed by atoms with Crippen molar-refractivity contribution in [2.24, 2.45) is 0 Å². The number of rotatable bonds is 34. The summed E-state index contributed by atoms with van der Waals surface area (Å²) in [6.07, 6.45) is 36.4. The average molecular weight is 640 g/mol. The van der Waals surface area contributed by atoms with Crippen LogP contribution in [0.25, 0.3) is 0 Å². The number of hydrogen-bond donors (Lipinski definition) is 2. The molecular weight excluding hydrogens is 569 g/mol. The fourth-order valence-corrected chi connectivity index (χ4v) is 6.69. The van der Waals surface area contributed by atoms with Crippen LogP contribution in [0.3, 0.4) is 0 Å². The third-order valence-corrected chi connectivity index (χ3v) is 9.74. The number of carbonyl (C=O) groups excluding carboxylic acids is 2. The maximum absolute atomic E-state index is 12.9. The van der Waals surface area contributed by atoms with Crippen LogP contribution in [0.2, 0.25) is 0 Å². The highest BCUT2D eigenvalue weighted by Gasteiger charge is 2.30. The topological polar surface area (TPSA) is 94.9 Å². The predicted molar refractivity (Wildman–Crippen MR) is 188 cm³/mol. The Balaban J connectivity index is 4.06. The van der Waals surface area contributed by atoms with Gasteiger partial charge in [0.1, 0.15) is 0 Å². The Bertz CT molecular complexity index is 714. The molecule has 2 unspecified atom stereocenters. The molecule has 0 radical (unpaired) electrons. The largest absolute Gasteiger partial charge is 0.480 e. The van der Waals surface area contributed by atoms with Crippen LogP contribution in [-0.4, -0.2) is 44.9 Å². The number of aliphatic hydroxyl groups is 1. The molecule has 0 aliphatic heterocycles. The highest BCUT2D eigenvalue weighted by atomic mass is 31.1. The van der Waals surface area contributed by atoms with Crippen LogP contribution in [0.4, 0.5) is 0 Å². The molecule has 0 aromatic heterocycles. The lowest BCUT2D eigenvalue weighted by atomic mass is 10.0. The summed E-state index contributed by atoms with van der Waals surface area (Å²) in [5.74, 6) is -1.58. The fourth-order valence-electron chi connectivity index (χ4n) is 5.55. The van der Waals surface area contributed by atoms with Gasteiger partial charge in [0.05, 0.1) is 15.3 Å². The second-order valence-corrected chi connectivity index (χ2v) is 13.9. The van der Waals surface area contributed by atoms with Gasteiger partial charge in [0.15, 0.2) is 11.6 Å². The number of aliphatic hydroxyl groups excluding tert-OH is 1. The van der Waals surface area contributed by atoms with Crippen LogP contribution in [-0.2, 0) is 14.4 Å². The molecule has 0 saturated heterocycles. The van der Waals surface area contributed by atoms with E-state index in [2.05, 4.69) is 26.0 Å². The molecule has 2 atom stereocenters. The van der Waals surface area contributed by atoms with Crippen LogP contribution >= 0.6 is 8.73 Å². The molecule has 0 rings (SSSR count). The number of nitrogens with zero attached hydrogens (tertiary/aromatic N) is 1. The zero-order valence-corrected chi connectivity index (χ0v) is 29.8. The number of hydrogen-bond acceptors (Lipinski definition) is 4. The van der Waals surface area contributed by atoms with Crippen molar-refractivity contribution < 1.29 is 24.6 Å². The Morgan fingerprint density at radius 2 is 0.932 bits per heavy atom. The number of carbonyl (C=O) groups is 3. The van der Waals surface area contributed by atoms with Gasteiger partial charge in [0, 0.05) is 12.8 Å². The molecule has 0 heterocycles. The first-order chi connectivity index (χ1) is 21.5. The second-order valence-electron chi connectivity index (χ2n) is 12.7. The van der Waals surface area contributed by atoms with E-state index in [1.54, 1.807) is 0 Å². The summed E-state index contributed by atoms with van der Waals surface area (Å²) in [4.78, 5) is 37.2. The van der Waals surface area contributed by atoms with Crippen molar-refractivity contribution in [3.63, 3.8) is 0 Å². The molecule has 0 aromatic rings. The summed E-state index contributed by atoms with van der Waals surface area (Å²) in [5.41, 5.74) is -0.0963. The van der Waals surface area contributed by atoms with Gasteiger partial charge >= 0.3 is 5.97 Å². The average Bonchev–Trinajstić information content (AvgIpc) is 3.01. The Kier molecular flexibility index (Phi) is 32.2. The maximum atomic E-state index is 12.9. The first-order valence-electron chi connectivity index (χ1n) is 18.6. The Labute approximate surface area is 273 Å². The predicted octanol–water partition coefficient (Wildman–Crippen LogP) is 10.9. The molecule has 0 fully saturated rings. The Hall–Kier alpha value is -1.26. The number of carboxylic acids is 1. The van der Waals surface area contributed by atoms with E-state index in [1.165, 1.54) is 116 Å². The lowest BCUT2D eigenvalue weighted by Crippen LogP contribution is -2.43. The van der Waals surface area contributed by atoms with Crippen molar-refractivity contribution in [2.45, 2.75) is 200 Å². The van der Waals surface area contributed by atoms with Gasteiger partial charge in [-0.2, -0.15) is 0 Å². The van der Waals surface area contributed by atoms with Crippen molar-refractivity contribution in [3.8, 4) is 0 Å². The highest BCUT2D eigenvalue weighted by molar-refractivity contribution is 7.56. The smallest absolute Gasteiger partial charge is 0.329 e. The number of aliphatic carboxylic acids is 1. The number of amides is 1. The van der Waals surface area contributed by atoms with Crippen LogP contribution < -0.4 is 0 Å². The molecule has 0 spiro atoms. The van der Waals surface area contributed by atoms with Crippen molar-refractivity contribution in [1.29, 1.82) is 0 Å². The third-order valence-electron chi connectivity index (χ3n) is 8.44. The minimum absolute atomic E-state index is 0.0963. The minimum atomic E-state index is -1.35. The number of carboxylic acid groups (broad SMARTS) is 1. The summed E-state index contributed by atoms with van der Waals surface area (Å²) in [6.45, 7) is 3.82. The standard InChI is InChI=1S/C37H70NO5P/c1-3-5-7-9-11-13-15-17-18-20-22-24-26-28-30-32-36(41)44-38(34(33-39)37(42)43)35(40)31-29-27-25-23-21-19-16-14-12-10-8-6-4-2/h17-18,34,39,44H,3-16,19-33H2,1-2H3,(H,42,43). The molecule has 258 valence electrons. The molecule has 0 saturated carbocycles. The summed E-state index contributed by atoms with van der Waals surface area (Å²) in [6, 6.07) is -1.35. The molecule has 6 nitrogen and oxygen atoms in total. The van der Waals surface area contributed by atoms with Crippen molar-refractivity contribution >= 4 is 26.1 Å². The van der Waals surface area contributed by atoms with Gasteiger partial charge in [-0.25, -0.2) is 4.79 Å². The van der Waals surface area contributed by atoms with Gasteiger partial charge in [-0.05, 0) is 38.5 Å². The second kappa shape index (κ2) is 33.1. The summed E-state index contributed by atoms with van der Waals surface area (Å²) in [7, 11) is -0.526. The Morgan fingerprint density at radius 3 is 1.32 bits per heavy atom. The van der Waals surface area contributed by atoms with E-state index in [0.29, 0.717) is 12.8 Å². The zero-order chi connectivity index (χ0) is 32.5. The van der Waals surface area contributed by atoms with Gasteiger partial charge in [-0.1, -0.05) is 154 Å². The maximum Gasteiger partial charge on any atom is 0.329 e. The summed E-state index contributed by atoms with van der Waals surface area (Å²) < 4.78 is 1.13. The summed E-state index contributed by atoms with van der Waals surface area (Å²) >= 11 is 0. The first-order valence-corrected chi connectivity index (χ1v) is 19.5. The Morgan fingerprint density at radius 1 is 0.568 bits per heavy atom. The molecule has 44 heavy (non-hydrogen) atoms. The van der Waals surface area contributed by atoms with Gasteiger partial charge in [-0.15, -0.1) is 0 Å². The number of allylic oxidation sites excluding steroid dienone is 2. The zero-order valence-electron chi connectivity index (χ0n) is 28.8. The van der Waals surface area contributed by atoms with E-state index >= 15 is 0 Å². The van der Waals surface area contributed by atoms with E-state index < -0.39 is 27.3 Å². The normalized spacial score (nSPS) is 12.4. The van der Waals surface area contributed by atoms with E-state index in [1.807, 2.05) is 0 Å². The molecular formula is C37H70NO5P. The fraction of sp³-hybridized carbons (Fsp3) is 0.865. The van der Waals surface area contributed by atoms with Gasteiger partial charge in [-0.3, -0.25) is 9.59 Å². The third kappa shape index (κ3) is 27.1. The SMILES string of the molecule is CCCCCCCCC=CCCCCCCCC(=O)PN(C(=O)CCCCCCCCCCCCCCC)C(CO)C(=O)O. The lowest BCUT2D eigenvalue weighted by Gasteiger charge is -2.27. The van der Waals surface area contributed by atoms with Gasteiger partial charge in [0.25, 0.3) is 0 Å². The van der Waals surface area contributed by atoms with Crippen molar-refractivity contribution in [2.75, 3.05) is 6.61 Å². The van der Waals surface area contributed by atoms with E-state index in [4.69, 9.17) is 0 Å². The van der Waals surface area contributed by atoms with Crippen LogP contribution in [0.1, 0.15) is 194 Å². The lowest BCUT2D eigenvalue weighted by molar-refractivity contribution is -0.147. The van der Waals surface area contributed by atoms with Crippen LogP contribution in [0, 0.1) is 0 Å². The molecule has 0 bridgehead atoms. The molecule has 0 aromatic carbocycles. The molecule has 2 N–H and O–H groups in total. The number of unbranched alkanes of at least 4 members (excludes halogenated alkanes) is 23. The van der Waals surface area contributed by atoms with E-state index in [-0.39, 0.29) is 17.9 Å². The van der Waals surface area contributed by atoms with Crippen LogP contribution in [0.15, 0.2) is 12.2 Å². The summed E-state index contributed by atoms with van der Waals surface area (Å²) in [5, 5.41) is 19.2. The molecule has 0 aliphatic rings. The quantitative estimate of drug-likeness (QED) is 0.0415. The van der Waals surface area contributed by atoms with E-state index in [0.717, 1.165) is 49.6 Å². The first kappa shape index (κ1) is 42.7. The van der Waals surface area contributed by atoms with Gasteiger partial charge < -0.3 is 14.9 Å². The highest BCUT2D eigenvalue weighted by Crippen LogP contribution is 2.27. The van der Waals surface area contributed by atoms with Crippen molar-refractivity contribution in [3.05, 3.63) is 12.2 Å². The minimum Gasteiger partial charge on any atom is -0.480 e. The molecule has 1 amide bonds. The van der Waals surface area contributed by atoms with Crippen LogP contribution in [0.5, 0.6) is 0 Å². The van der Waals surface area contributed by atoms with Crippen molar-refractivity contribution in [1.82, 2.24) is 4.67 Å².